The van der Waals surface area contributed by atoms with Crippen LogP contribution in [-0.2, 0) is 19.1 Å². The summed E-state index contributed by atoms with van der Waals surface area (Å²) in [5.41, 5.74) is 4.46. The molecule has 0 amide bonds. The van der Waals surface area contributed by atoms with E-state index in [-0.39, 0.29) is 36.0 Å². The Morgan fingerprint density at radius 3 is 1.18 bits per heavy atom. The second-order valence-electron chi connectivity index (χ2n) is 8.24. The van der Waals surface area contributed by atoms with Gasteiger partial charge in [-0.1, -0.05) is 48.5 Å². The second-order valence-corrected chi connectivity index (χ2v) is 8.24. The van der Waals surface area contributed by atoms with Gasteiger partial charge >= 0.3 is 11.9 Å². The van der Waals surface area contributed by atoms with E-state index >= 15 is 0 Å². The number of benzene rings is 2. The Morgan fingerprint density at radius 2 is 0.929 bits per heavy atom. The molecule has 3 aliphatic rings. The van der Waals surface area contributed by atoms with Crippen LogP contribution in [-0.4, -0.2) is 24.1 Å². The molecule has 2 bridgehead atoms. The Balaban J connectivity index is 1.91. The molecule has 0 saturated carbocycles. The molecule has 0 aromatic heterocycles. The van der Waals surface area contributed by atoms with Crippen LogP contribution >= 0.6 is 0 Å². The molecule has 0 heterocycles. The van der Waals surface area contributed by atoms with Crippen molar-refractivity contribution in [2.75, 3.05) is 0 Å². The zero-order chi connectivity index (χ0) is 20.0. The van der Waals surface area contributed by atoms with Crippen molar-refractivity contribution in [3.05, 3.63) is 70.8 Å². The zero-order valence-electron chi connectivity index (χ0n) is 16.7. The Hall–Kier alpha value is -2.62. The number of rotatable bonds is 4. The lowest BCUT2D eigenvalue weighted by atomic mass is 9.54. The monoisotopic (exact) mass is 378 g/mol. The molecule has 0 radical (unpaired) electrons. The lowest BCUT2D eigenvalue weighted by molar-refractivity contribution is -0.167. The van der Waals surface area contributed by atoms with Crippen molar-refractivity contribution in [1.82, 2.24) is 0 Å². The quantitative estimate of drug-likeness (QED) is 0.740. The molecular formula is C24H26O4. The molecule has 146 valence electrons. The first-order chi connectivity index (χ1) is 13.4. The van der Waals surface area contributed by atoms with Crippen LogP contribution in [0.15, 0.2) is 48.5 Å². The summed E-state index contributed by atoms with van der Waals surface area (Å²) < 4.78 is 11.2. The molecule has 0 spiro atoms. The van der Waals surface area contributed by atoms with E-state index < -0.39 is 11.8 Å². The number of ether oxygens (including phenoxy) is 2. The average Bonchev–Trinajstić information content (AvgIpc) is 2.66. The topological polar surface area (TPSA) is 52.6 Å². The van der Waals surface area contributed by atoms with Crippen LogP contribution in [0.4, 0.5) is 0 Å². The standard InChI is InChI=1S/C24H26O4/c1-13(2)27-23(25)21-19-15-9-5-7-11-17(15)20(18-12-8-6-10-16(18)19)22(21)24(26)28-14(3)4/h5-14,19-22H,1-4H3/t19?,20?,21-,22?/m0/s1. The molecule has 0 N–H and O–H groups in total. The van der Waals surface area contributed by atoms with Gasteiger partial charge in [0.05, 0.1) is 24.0 Å². The van der Waals surface area contributed by atoms with Crippen LogP contribution < -0.4 is 0 Å². The second kappa shape index (κ2) is 7.08. The molecule has 0 saturated heterocycles. The summed E-state index contributed by atoms with van der Waals surface area (Å²) in [6, 6.07) is 16.3. The zero-order valence-corrected chi connectivity index (χ0v) is 16.7. The normalized spacial score (nSPS) is 24.6. The minimum atomic E-state index is -0.580. The molecule has 28 heavy (non-hydrogen) atoms. The van der Waals surface area contributed by atoms with Gasteiger partial charge < -0.3 is 9.47 Å². The molecule has 2 atom stereocenters. The van der Waals surface area contributed by atoms with E-state index in [1.165, 1.54) is 0 Å². The molecule has 4 nitrogen and oxygen atoms in total. The molecule has 2 aromatic carbocycles. The average molecular weight is 378 g/mol. The van der Waals surface area contributed by atoms with Gasteiger partial charge in [0, 0.05) is 11.8 Å². The van der Waals surface area contributed by atoms with Crippen LogP contribution in [0.2, 0.25) is 0 Å². The van der Waals surface area contributed by atoms with Gasteiger partial charge in [-0.2, -0.15) is 0 Å². The third-order valence-electron chi connectivity index (χ3n) is 5.69. The molecule has 4 heteroatoms. The third-order valence-corrected chi connectivity index (χ3v) is 5.69. The minimum Gasteiger partial charge on any atom is -0.463 e. The van der Waals surface area contributed by atoms with E-state index in [0.29, 0.717) is 0 Å². The summed E-state index contributed by atoms with van der Waals surface area (Å²) >= 11 is 0. The Bertz CT molecular complexity index is 793. The maximum absolute atomic E-state index is 13.2. The third kappa shape index (κ3) is 2.92. The number of carbonyl (C=O) groups excluding carboxylic acids is 2. The highest BCUT2D eigenvalue weighted by Gasteiger charge is 2.56. The summed E-state index contributed by atoms with van der Waals surface area (Å²) in [7, 11) is 0. The van der Waals surface area contributed by atoms with Crippen molar-refractivity contribution in [2.24, 2.45) is 11.8 Å². The first kappa shape index (κ1) is 18.7. The largest absolute Gasteiger partial charge is 0.463 e. The summed E-state index contributed by atoms with van der Waals surface area (Å²) in [5.74, 6) is -2.20. The van der Waals surface area contributed by atoms with Crippen molar-refractivity contribution in [3.8, 4) is 0 Å². The van der Waals surface area contributed by atoms with E-state index in [2.05, 4.69) is 24.3 Å². The van der Waals surface area contributed by atoms with Crippen molar-refractivity contribution in [1.29, 1.82) is 0 Å². The van der Waals surface area contributed by atoms with Crippen LogP contribution in [0, 0.1) is 11.8 Å². The van der Waals surface area contributed by atoms with E-state index in [9.17, 15) is 9.59 Å². The van der Waals surface area contributed by atoms with Gasteiger partial charge in [0.25, 0.3) is 0 Å². The van der Waals surface area contributed by atoms with Gasteiger partial charge in [-0.3, -0.25) is 9.59 Å². The van der Waals surface area contributed by atoms with Gasteiger partial charge in [-0.15, -0.1) is 0 Å². The van der Waals surface area contributed by atoms with E-state index in [0.717, 1.165) is 22.3 Å². The first-order valence-electron chi connectivity index (χ1n) is 9.98. The smallest absolute Gasteiger partial charge is 0.311 e. The lowest BCUT2D eigenvalue weighted by Gasteiger charge is -2.48. The van der Waals surface area contributed by atoms with Gasteiger partial charge in [0.15, 0.2) is 0 Å². The summed E-state index contributed by atoms with van der Waals surface area (Å²) in [4.78, 5) is 26.4. The first-order valence-corrected chi connectivity index (χ1v) is 9.98. The van der Waals surface area contributed by atoms with Crippen LogP contribution in [0.3, 0.4) is 0 Å². The van der Waals surface area contributed by atoms with Gasteiger partial charge in [0.2, 0.25) is 0 Å². The lowest BCUT2D eigenvalue weighted by Crippen LogP contribution is -2.48. The number of esters is 2. The highest BCUT2D eigenvalue weighted by molar-refractivity contribution is 5.88. The molecule has 0 aliphatic heterocycles. The Kier molecular flexibility index (Phi) is 4.74. The Labute approximate surface area is 165 Å². The minimum absolute atomic E-state index is 0.201. The van der Waals surface area contributed by atoms with Crippen molar-refractivity contribution in [3.63, 3.8) is 0 Å². The fraction of sp³-hybridized carbons (Fsp3) is 0.417. The summed E-state index contributed by atoms with van der Waals surface area (Å²) in [5, 5.41) is 0. The molecule has 3 aliphatic carbocycles. The van der Waals surface area contributed by atoms with Crippen LogP contribution in [0.25, 0.3) is 0 Å². The van der Waals surface area contributed by atoms with Crippen LogP contribution in [0.5, 0.6) is 0 Å². The van der Waals surface area contributed by atoms with Crippen molar-refractivity contribution in [2.45, 2.75) is 51.7 Å². The fourth-order valence-corrected chi connectivity index (χ4v) is 4.87. The van der Waals surface area contributed by atoms with Crippen molar-refractivity contribution >= 4 is 11.9 Å². The van der Waals surface area contributed by atoms with Crippen LogP contribution in [0.1, 0.15) is 61.8 Å². The summed E-state index contributed by atoms with van der Waals surface area (Å²) in [6.07, 6.45) is -0.472. The molecule has 2 aromatic rings. The van der Waals surface area contributed by atoms with E-state index in [1.807, 2.05) is 52.0 Å². The number of hydrogen-bond acceptors (Lipinski definition) is 4. The maximum Gasteiger partial charge on any atom is 0.311 e. The van der Waals surface area contributed by atoms with E-state index in [4.69, 9.17) is 9.47 Å². The highest BCUT2D eigenvalue weighted by Crippen LogP contribution is 2.58. The summed E-state index contributed by atoms with van der Waals surface area (Å²) in [6.45, 7) is 7.34. The number of carbonyl (C=O) groups is 2. The predicted octanol–water partition coefficient (Wildman–Crippen LogP) is 4.41. The number of fused-ring (bicyclic) bond motifs is 1. The highest BCUT2D eigenvalue weighted by atomic mass is 16.6. The molecular weight excluding hydrogens is 352 g/mol. The Morgan fingerprint density at radius 1 is 0.643 bits per heavy atom. The number of hydrogen-bond donors (Lipinski definition) is 0. The maximum atomic E-state index is 13.2. The van der Waals surface area contributed by atoms with Crippen molar-refractivity contribution < 1.29 is 19.1 Å². The fourth-order valence-electron chi connectivity index (χ4n) is 4.87. The van der Waals surface area contributed by atoms with E-state index in [1.54, 1.807) is 0 Å². The molecule has 0 fully saturated rings. The SMILES string of the molecule is CC(C)OC(=O)C1C2c3ccccc3C(c3ccccc32)[C@@H]1C(=O)OC(C)C. The van der Waals surface area contributed by atoms with Gasteiger partial charge in [-0.25, -0.2) is 0 Å². The molecule has 5 rings (SSSR count). The molecule has 1 unspecified atom stereocenters. The van der Waals surface area contributed by atoms with Gasteiger partial charge in [0.1, 0.15) is 0 Å². The predicted molar refractivity (Wildman–Crippen MR) is 106 cm³/mol. The van der Waals surface area contributed by atoms with Gasteiger partial charge in [-0.05, 0) is 49.9 Å².